The van der Waals surface area contributed by atoms with Gasteiger partial charge in [0.05, 0.1) is 10.8 Å². The van der Waals surface area contributed by atoms with Crippen LogP contribution in [0.5, 0.6) is 0 Å². The topological polar surface area (TPSA) is 52.6 Å². The Morgan fingerprint density at radius 2 is 1.29 bits per heavy atom. The van der Waals surface area contributed by atoms with Crippen molar-refractivity contribution in [2.45, 2.75) is 104 Å². The van der Waals surface area contributed by atoms with Crippen molar-refractivity contribution in [2.24, 2.45) is 34.5 Å². The molecule has 4 heteroatoms. The molecule has 0 spiro atoms. The molecule has 4 aliphatic carbocycles. The summed E-state index contributed by atoms with van der Waals surface area (Å²) in [5.74, 6) is 2.37. The molecule has 0 aliphatic heterocycles. The lowest BCUT2D eigenvalue weighted by atomic mass is 9.72. The predicted octanol–water partition coefficient (Wildman–Crippen LogP) is 5.28. The zero-order valence-electron chi connectivity index (χ0n) is 18.2. The van der Waals surface area contributed by atoms with Gasteiger partial charge in [0.1, 0.15) is 12.2 Å². The molecule has 4 bridgehead atoms. The standard InChI is InChI=1S/C24H38O4/c1-5-24(4,22(26)28-20-13-16-7-9-18(20)11-16)14-23(2,3)21(25)27-19-12-15-6-8-17(19)10-15/h15-20H,5-14H2,1-4H3. The molecule has 0 aromatic heterocycles. The van der Waals surface area contributed by atoms with Crippen LogP contribution in [0.1, 0.15) is 91.9 Å². The van der Waals surface area contributed by atoms with Gasteiger partial charge in [-0.2, -0.15) is 0 Å². The third-order valence-electron chi connectivity index (χ3n) is 8.52. The van der Waals surface area contributed by atoms with E-state index in [0.29, 0.717) is 24.7 Å². The van der Waals surface area contributed by atoms with Crippen molar-refractivity contribution in [2.75, 3.05) is 0 Å². The van der Waals surface area contributed by atoms with Gasteiger partial charge in [0.15, 0.2) is 0 Å². The van der Waals surface area contributed by atoms with E-state index in [-0.39, 0.29) is 24.1 Å². The second-order valence-electron chi connectivity index (χ2n) is 11.2. The largest absolute Gasteiger partial charge is 0.462 e. The van der Waals surface area contributed by atoms with Crippen LogP contribution in [-0.2, 0) is 19.1 Å². The smallest absolute Gasteiger partial charge is 0.312 e. The van der Waals surface area contributed by atoms with Gasteiger partial charge in [-0.05, 0) is 109 Å². The van der Waals surface area contributed by atoms with Crippen molar-refractivity contribution in [1.29, 1.82) is 0 Å². The second kappa shape index (κ2) is 7.32. The highest BCUT2D eigenvalue weighted by atomic mass is 16.6. The predicted molar refractivity (Wildman–Crippen MR) is 107 cm³/mol. The van der Waals surface area contributed by atoms with Crippen LogP contribution in [0.25, 0.3) is 0 Å². The first-order valence-corrected chi connectivity index (χ1v) is 11.6. The van der Waals surface area contributed by atoms with E-state index in [4.69, 9.17) is 9.47 Å². The third-order valence-corrected chi connectivity index (χ3v) is 8.52. The molecule has 0 aromatic carbocycles. The number of hydrogen-bond acceptors (Lipinski definition) is 4. The summed E-state index contributed by atoms with van der Waals surface area (Å²) >= 11 is 0. The molecule has 7 atom stereocenters. The number of fused-ring (bicyclic) bond motifs is 4. The summed E-state index contributed by atoms with van der Waals surface area (Å²) in [6.07, 6.45) is 10.9. The van der Waals surface area contributed by atoms with Gasteiger partial charge in [-0.15, -0.1) is 0 Å². The molecule has 0 N–H and O–H groups in total. The summed E-state index contributed by atoms with van der Waals surface area (Å²) in [7, 11) is 0. The quantitative estimate of drug-likeness (QED) is 0.555. The highest BCUT2D eigenvalue weighted by Crippen LogP contribution is 2.49. The summed E-state index contributed by atoms with van der Waals surface area (Å²) in [5, 5.41) is 0. The lowest BCUT2D eigenvalue weighted by Gasteiger charge is -2.36. The van der Waals surface area contributed by atoms with Crippen LogP contribution in [0.4, 0.5) is 0 Å². The van der Waals surface area contributed by atoms with Gasteiger partial charge >= 0.3 is 11.9 Å². The molecule has 4 aliphatic rings. The summed E-state index contributed by atoms with van der Waals surface area (Å²) in [5.41, 5.74) is -1.32. The molecule has 158 valence electrons. The van der Waals surface area contributed by atoms with Gasteiger partial charge in [-0.25, -0.2) is 0 Å². The van der Waals surface area contributed by atoms with E-state index in [1.54, 1.807) is 0 Å². The SMILES string of the molecule is CCC(C)(CC(C)(C)C(=O)OC1CC2CCC1C2)C(=O)OC1CC2CCC1C2. The highest BCUT2D eigenvalue weighted by Gasteiger charge is 2.48. The Morgan fingerprint density at radius 1 is 0.786 bits per heavy atom. The van der Waals surface area contributed by atoms with Gasteiger partial charge in [0, 0.05) is 0 Å². The Hall–Kier alpha value is -1.06. The lowest BCUT2D eigenvalue weighted by Crippen LogP contribution is -2.41. The van der Waals surface area contributed by atoms with Crippen LogP contribution in [0.15, 0.2) is 0 Å². The number of hydrogen-bond donors (Lipinski definition) is 0. The average Bonchev–Trinajstić information content (AvgIpc) is 3.42. The molecule has 4 saturated carbocycles. The molecule has 0 heterocycles. The van der Waals surface area contributed by atoms with Gasteiger partial charge in [-0.1, -0.05) is 6.92 Å². The lowest BCUT2D eigenvalue weighted by molar-refractivity contribution is -0.171. The van der Waals surface area contributed by atoms with E-state index in [1.807, 2.05) is 27.7 Å². The molecule has 4 nitrogen and oxygen atoms in total. The number of rotatable bonds is 7. The fraction of sp³-hybridized carbons (Fsp3) is 0.917. The molecule has 4 fully saturated rings. The molecule has 0 radical (unpaired) electrons. The van der Waals surface area contributed by atoms with Crippen LogP contribution < -0.4 is 0 Å². The van der Waals surface area contributed by atoms with Crippen molar-refractivity contribution >= 4 is 11.9 Å². The Labute approximate surface area is 170 Å². The number of ether oxygens (including phenoxy) is 2. The maximum absolute atomic E-state index is 13.1. The summed E-state index contributed by atoms with van der Waals surface area (Å²) in [6.45, 7) is 7.86. The molecular weight excluding hydrogens is 352 g/mol. The molecule has 28 heavy (non-hydrogen) atoms. The van der Waals surface area contributed by atoms with Crippen molar-refractivity contribution in [3.05, 3.63) is 0 Å². The van der Waals surface area contributed by atoms with Gasteiger partial charge in [-0.3, -0.25) is 9.59 Å². The van der Waals surface area contributed by atoms with E-state index >= 15 is 0 Å². The van der Waals surface area contributed by atoms with Gasteiger partial charge in [0.2, 0.25) is 0 Å². The van der Waals surface area contributed by atoms with E-state index in [1.165, 1.54) is 38.5 Å². The Morgan fingerprint density at radius 3 is 1.68 bits per heavy atom. The number of esters is 2. The normalized spacial score (nSPS) is 38.4. The number of carbonyl (C=O) groups is 2. The maximum atomic E-state index is 13.1. The van der Waals surface area contributed by atoms with Gasteiger partial charge < -0.3 is 9.47 Å². The second-order valence-corrected chi connectivity index (χ2v) is 11.2. The van der Waals surface area contributed by atoms with Crippen LogP contribution in [-0.4, -0.2) is 24.1 Å². The zero-order chi connectivity index (χ0) is 20.1. The molecule has 0 saturated heterocycles. The number of carbonyl (C=O) groups excluding carboxylic acids is 2. The third kappa shape index (κ3) is 3.73. The summed E-state index contributed by atoms with van der Waals surface area (Å²) < 4.78 is 12.0. The van der Waals surface area contributed by atoms with E-state index < -0.39 is 10.8 Å². The first-order valence-electron chi connectivity index (χ1n) is 11.6. The Balaban J connectivity index is 1.36. The van der Waals surface area contributed by atoms with Crippen LogP contribution in [0.3, 0.4) is 0 Å². The highest BCUT2D eigenvalue weighted by molar-refractivity contribution is 5.80. The van der Waals surface area contributed by atoms with Crippen molar-refractivity contribution in [3.8, 4) is 0 Å². The average molecular weight is 391 g/mol. The summed E-state index contributed by atoms with van der Waals surface area (Å²) in [4.78, 5) is 26.1. The molecule has 0 aromatic rings. The van der Waals surface area contributed by atoms with Gasteiger partial charge in [0.25, 0.3) is 0 Å². The molecule has 7 unspecified atom stereocenters. The first kappa shape index (κ1) is 20.2. The van der Waals surface area contributed by atoms with E-state index in [9.17, 15) is 9.59 Å². The monoisotopic (exact) mass is 390 g/mol. The summed E-state index contributed by atoms with van der Waals surface area (Å²) in [6, 6.07) is 0. The van der Waals surface area contributed by atoms with Crippen LogP contribution in [0, 0.1) is 34.5 Å². The van der Waals surface area contributed by atoms with E-state index in [0.717, 1.165) is 24.7 Å². The van der Waals surface area contributed by atoms with Crippen molar-refractivity contribution < 1.29 is 19.1 Å². The van der Waals surface area contributed by atoms with E-state index in [2.05, 4.69) is 0 Å². The fourth-order valence-electron chi connectivity index (χ4n) is 6.63. The molecule has 4 rings (SSSR count). The zero-order valence-corrected chi connectivity index (χ0v) is 18.2. The minimum absolute atomic E-state index is 0.0967. The van der Waals surface area contributed by atoms with Crippen molar-refractivity contribution in [1.82, 2.24) is 0 Å². The maximum Gasteiger partial charge on any atom is 0.312 e. The van der Waals surface area contributed by atoms with Crippen molar-refractivity contribution in [3.63, 3.8) is 0 Å². The Bertz CT molecular complexity index is 626. The van der Waals surface area contributed by atoms with Crippen LogP contribution >= 0.6 is 0 Å². The van der Waals surface area contributed by atoms with Crippen LogP contribution in [0.2, 0.25) is 0 Å². The fourth-order valence-corrected chi connectivity index (χ4v) is 6.63. The minimum atomic E-state index is -0.680. The molecule has 0 amide bonds. The Kier molecular flexibility index (Phi) is 5.29. The minimum Gasteiger partial charge on any atom is -0.462 e. The first-order chi connectivity index (χ1) is 13.2. The molecular formula is C24H38O4.